The van der Waals surface area contributed by atoms with Gasteiger partial charge in [-0.25, -0.2) is 4.98 Å². The molecule has 3 aromatic rings. The van der Waals surface area contributed by atoms with Crippen molar-refractivity contribution in [3.63, 3.8) is 0 Å². The molecule has 0 radical (unpaired) electrons. The van der Waals surface area contributed by atoms with Crippen LogP contribution < -0.4 is 4.90 Å². The van der Waals surface area contributed by atoms with Gasteiger partial charge in [-0.1, -0.05) is 0 Å². The molecule has 0 aliphatic rings. The van der Waals surface area contributed by atoms with Gasteiger partial charge in [0.2, 0.25) is 0 Å². The van der Waals surface area contributed by atoms with Crippen LogP contribution >= 0.6 is 0 Å². The standard InChI is InChI=1S/C16H19N3O2/c1-4-19(5-2)15-9-8-14(21-15)16-17-10-12(18-16)13-7-6-11(3)20-13/h6-10H,4-5H2,1-3H3,(H,17,18). The number of hydrogen-bond acceptors (Lipinski definition) is 4. The molecule has 0 bridgehead atoms. The van der Waals surface area contributed by atoms with Crippen molar-refractivity contribution in [2.45, 2.75) is 20.8 Å². The van der Waals surface area contributed by atoms with E-state index in [2.05, 4.69) is 28.7 Å². The Balaban J connectivity index is 1.86. The van der Waals surface area contributed by atoms with Crippen LogP contribution in [-0.2, 0) is 0 Å². The average molecular weight is 285 g/mol. The zero-order valence-electron chi connectivity index (χ0n) is 12.5. The van der Waals surface area contributed by atoms with Gasteiger partial charge in [-0.15, -0.1) is 0 Å². The number of furan rings is 2. The molecule has 0 spiro atoms. The molecule has 0 saturated carbocycles. The lowest BCUT2D eigenvalue weighted by molar-refractivity contribution is 0.546. The third-order valence-corrected chi connectivity index (χ3v) is 3.48. The van der Waals surface area contributed by atoms with Crippen LogP contribution in [0.2, 0.25) is 0 Å². The van der Waals surface area contributed by atoms with Gasteiger partial charge in [0, 0.05) is 19.2 Å². The number of imidazole rings is 1. The summed E-state index contributed by atoms with van der Waals surface area (Å²) in [5, 5.41) is 0. The van der Waals surface area contributed by atoms with Gasteiger partial charge in [0.15, 0.2) is 23.2 Å². The molecule has 21 heavy (non-hydrogen) atoms. The first kappa shape index (κ1) is 13.5. The lowest BCUT2D eigenvalue weighted by Crippen LogP contribution is -2.20. The molecule has 3 rings (SSSR count). The monoisotopic (exact) mass is 285 g/mol. The highest BCUT2D eigenvalue weighted by Crippen LogP contribution is 2.27. The van der Waals surface area contributed by atoms with Crippen LogP contribution in [0.4, 0.5) is 5.88 Å². The third kappa shape index (κ3) is 2.59. The topological polar surface area (TPSA) is 58.2 Å². The molecule has 0 saturated heterocycles. The summed E-state index contributed by atoms with van der Waals surface area (Å²) in [7, 11) is 0. The van der Waals surface area contributed by atoms with E-state index in [1.807, 2.05) is 31.2 Å². The van der Waals surface area contributed by atoms with E-state index in [4.69, 9.17) is 8.83 Å². The number of aromatic amines is 1. The Bertz CT molecular complexity index is 719. The minimum atomic E-state index is 0.706. The van der Waals surface area contributed by atoms with E-state index < -0.39 is 0 Å². The first-order valence-electron chi connectivity index (χ1n) is 7.18. The van der Waals surface area contributed by atoms with Crippen molar-refractivity contribution in [3.8, 4) is 23.0 Å². The van der Waals surface area contributed by atoms with E-state index in [9.17, 15) is 0 Å². The Morgan fingerprint density at radius 1 is 1.05 bits per heavy atom. The van der Waals surface area contributed by atoms with Gasteiger partial charge in [-0.05, 0) is 39.0 Å². The third-order valence-electron chi connectivity index (χ3n) is 3.48. The molecular formula is C16H19N3O2. The molecule has 0 atom stereocenters. The van der Waals surface area contributed by atoms with Crippen LogP contribution in [0.1, 0.15) is 19.6 Å². The second kappa shape index (κ2) is 5.52. The van der Waals surface area contributed by atoms with E-state index >= 15 is 0 Å². The predicted molar refractivity (Wildman–Crippen MR) is 82.3 cm³/mol. The molecule has 3 aromatic heterocycles. The lowest BCUT2D eigenvalue weighted by atomic mass is 10.3. The normalized spacial score (nSPS) is 11.0. The molecule has 1 N–H and O–H groups in total. The van der Waals surface area contributed by atoms with E-state index in [0.29, 0.717) is 5.82 Å². The number of aryl methyl sites for hydroxylation is 1. The molecule has 5 heteroatoms. The number of nitrogens with one attached hydrogen (secondary N) is 1. The molecule has 0 unspecified atom stereocenters. The van der Waals surface area contributed by atoms with Gasteiger partial charge in [0.05, 0.1) is 6.20 Å². The summed E-state index contributed by atoms with van der Waals surface area (Å²) < 4.78 is 11.5. The first-order chi connectivity index (χ1) is 10.2. The summed E-state index contributed by atoms with van der Waals surface area (Å²) in [6, 6.07) is 7.77. The van der Waals surface area contributed by atoms with Crippen molar-refractivity contribution in [2.75, 3.05) is 18.0 Å². The maximum Gasteiger partial charge on any atom is 0.196 e. The number of anilines is 1. The Labute approximate surface area is 123 Å². The highest BCUT2D eigenvalue weighted by Gasteiger charge is 2.13. The van der Waals surface area contributed by atoms with E-state index in [-0.39, 0.29) is 0 Å². The van der Waals surface area contributed by atoms with Crippen molar-refractivity contribution >= 4 is 5.88 Å². The van der Waals surface area contributed by atoms with Gasteiger partial charge in [-0.2, -0.15) is 0 Å². The predicted octanol–water partition coefficient (Wildman–Crippen LogP) is 4.08. The van der Waals surface area contributed by atoms with Gasteiger partial charge in [0.1, 0.15) is 11.5 Å². The van der Waals surface area contributed by atoms with Crippen LogP contribution in [0.3, 0.4) is 0 Å². The Hall–Kier alpha value is -2.43. The lowest BCUT2D eigenvalue weighted by Gasteiger charge is -2.16. The Morgan fingerprint density at radius 2 is 1.81 bits per heavy atom. The summed E-state index contributed by atoms with van der Waals surface area (Å²) in [6.45, 7) is 7.96. The van der Waals surface area contributed by atoms with Crippen LogP contribution in [0.25, 0.3) is 23.0 Å². The molecule has 110 valence electrons. The minimum absolute atomic E-state index is 0.706. The summed E-state index contributed by atoms with van der Waals surface area (Å²) in [5.41, 5.74) is 0.846. The zero-order chi connectivity index (χ0) is 14.8. The van der Waals surface area contributed by atoms with Gasteiger partial charge in [-0.3, -0.25) is 0 Å². The van der Waals surface area contributed by atoms with Crippen LogP contribution in [0, 0.1) is 6.92 Å². The quantitative estimate of drug-likeness (QED) is 0.767. The number of H-pyrrole nitrogens is 1. The van der Waals surface area contributed by atoms with Crippen molar-refractivity contribution in [1.82, 2.24) is 9.97 Å². The van der Waals surface area contributed by atoms with E-state index in [1.54, 1.807) is 6.20 Å². The molecule has 0 amide bonds. The molecule has 0 aliphatic heterocycles. The van der Waals surface area contributed by atoms with Crippen LogP contribution in [0.5, 0.6) is 0 Å². The minimum Gasteiger partial charge on any atom is -0.460 e. The van der Waals surface area contributed by atoms with Crippen molar-refractivity contribution < 1.29 is 8.83 Å². The van der Waals surface area contributed by atoms with Crippen LogP contribution in [-0.4, -0.2) is 23.1 Å². The maximum atomic E-state index is 5.87. The average Bonchev–Trinajstić information content (AvgIpc) is 3.18. The van der Waals surface area contributed by atoms with Gasteiger partial charge in [0.25, 0.3) is 0 Å². The second-order valence-corrected chi connectivity index (χ2v) is 4.87. The second-order valence-electron chi connectivity index (χ2n) is 4.87. The van der Waals surface area contributed by atoms with Crippen molar-refractivity contribution in [3.05, 3.63) is 36.2 Å². The molecule has 5 nitrogen and oxygen atoms in total. The number of rotatable bonds is 5. The van der Waals surface area contributed by atoms with E-state index in [1.165, 1.54) is 0 Å². The number of hydrogen-bond donors (Lipinski definition) is 1. The summed E-state index contributed by atoms with van der Waals surface area (Å²) >= 11 is 0. The summed E-state index contributed by atoms with van der Waals surface area (Å²) in [6.07, 6.45) is 1.76. The van der Waals surface area contributed by atoms with Crippen molar-refractivity contribution in [1.29, 1.82) is 0 Å². The maximum absolute atomic E-state index is 5.87. The number of nitrogens with zero attached hydrogens (tertiary/aromatic N) is 2. The largest absolute Gasteiger partial charge is 0.460 e. The fourth-order valence-electron chi connectivity index (χ4n) is 2.31. The molecular weight excluding hydrogens is 266 g/mol. The molecule has 0 aliphatic carbocycles. The fourth-order valence-corrected chi connectivity index (χ4v) is 2.31. The van der Waals surface area contributed by atoms with Crippen molar-refractivity contribution in [2.24, 2.45) is 0 Å². The van der Waals surface area contributed by atoms with E-state index in [0.717, 1.165) is 41.9 Å². The summed E-state index contributed by atoms with van der Waals surface area (Å²) in [5.74, 6) is 3.95. The number of aromatic nitrogens is 2. The highest BCUT2D eigenvalue weighted by molar-refractivity contribution is 5.59. The SMILES string of the molecule is CCN(CC)c1ccc(-c2ncc(-c3ccc(C)o3)[nH]2)o1. The smallest absolute Gasteiger partial charge is 0.196 e. The summed E-state index contributed by atoms with van der Waals surface area (Å²) in [4.78, 5) is 9.75. The molecule has 0 aromatic carbocycles. The zero-order valence-corrected chi connectivity index (χ0v) is 12.5. The fraction of sp³-hybridized carbons (Fsp3) is 0.312. The highest BCUT2D eigenvalue weighted by atomic mass is 16.4. The Morgan fingerprint density at radius 3 is 2.48 bits per heavy atom. The van der Waals surface area contributed by atoms with Gasteiger partial charge < -0.3 is 18.7 Å². The van der Waals surface area contributed by atoms with Gasteiger partial charge >= 0.3 is 0 Å². The molecule has 0 fully saturated rings. The molecule has 3 heterocycles. The first-order valence-corrected chi connectivity index (χ1v) is 7.18. The van der Waals surface area contributed by atoms with Crippen LogP contribution in [0.15, 0.2) is 39.3 Å². The Kier molecular flexibility index (Phi) is 3.56.